The van der Waals surface area contributed by atoms with Gasteiger partial charge in [-0.3, -0.25) is 0 Å². The average Bonchev–Trinajstić information content (AvgIpc) is 3.26. The number of hydrogen-bond donors (Lipinski definition) is 0. The van der Waals surface area contributed by atoms with Gasteiger partial charge in [0.1, 0.15) is 23.7 Å². The average molecular weight is 377 g/mol. The zero-order valence-corrected chi connectivity index (χ0v) is 15.8. The number of hydrogen-bond acceptors (Lipinski definition) is 7. The van der Waals surface area contributed by atoms with Crippen molar-refractivity contribution in [3.63, 3.8) is 0 Å². The minimum atomic E-state index is 0.489. The van der Waals surface area contributed by atoms with E-state index in [1.165, 1.54) is 5.56 Å². The Labute approximate surface area is 155 Å². The highest BCUT2D eigenvalue weighted by atomic mass is 32.2. The van der Waals surface area contributed by atoms with Gasteiger partial charge in [-0.1, -0.05) is 29.5 Å². The third kappa shape index (κ3) is 5.29. The van der Waals surface area contributed by atoms with Crippen molar-refractivity contribution in [1.29, 1.82) is 0 Å². The second kappa shape index (κ2) is 8.98. The van der Waals surface area contributed by atoms with Crippen LogP contribution in [0.1, 0.15) is 16.3 Å². The standard InChI is InChI=1S/C17H20N4O2S2/c1-13-3-5-15(6-4-13)23-9-16-19-14(10-24-16)11-25-17-20-18-12-21(17)7-8-22-2/h3-6,10,12H,7-9,11H2,1-2H3. The van der Waals surface area contributed by atoms with E-state index in [2.05, 4.69) is 27.5 Å². The van der Waals surface area contributed by atoms with Gasteiger partial charge in [-0.05, 0) is 19.1 Å². The van der Waals surface area contributed by atoms with E-state index in [0.717, 1.165) is 33.9 Å². The topological polar surface area (TPSA) is 62.1 Å². The molecule has 0 aliphatic rings. The molecule has 0 saturated heterocycles. The summed E-state index contributed by atoms with van der Waals surface area (Å²) in [4.78, 5) is 4.62. The van der Waals surface area contributed by atoms with E-state index in [1.807, 2.05) is 28.8 Å². The minimum Gasteiger partial charge on any atom is -0.486 e. The number of benzene rings is 1. The maximum Gasteiger partial charge on any atom is 0.191 e. The molecule has 0 unspecified atom stereocenters. The lowest BCUT2D eigenvalue weighted by atomic mass is 10.2. The van der Waals surface area contributed by atoms with E-state index in [9.17, 15) is 0 Å². The van der Waals surface area contributed by atoms with E-state index in [0.29, 0.717) is 13.2 Å². The van der Waals surface area contributed by atoms with Crippen molar-refractivity contribution >= 4 is 23.1 Å². The Kier molecular flexibility index (Phi) is 6.43. The maximum absolute atomic E-state index is 5.77. The molecule has 0 amide bonds. The Balaban J connectivity index is 1.50. The number of methoxy groups -OCH3 is 1. The lowest BCUT2D eigenvalue weighted by molar-refractivity contribution is 0.184. The van der Waals surface area contributed by atoms with Crippen LogP contribution in [0, 0.1) is 6.92 Å². The predicted molar refractivity (Wildman–Crippen MR) is 99.1 cm³/mol. The Hall–Kier alpha value is -1.90. The minimum absolute atomic E-state index is 0.489. The van der Waals surface area contributed by atoms with Crippen LogP contribution in [0.2, 0.25) is 0 Å². The zero-order chi connectivity index (χ0) is 17.5. The summed E-state index contributed by atoms with van der Waals surface area (Å²) in [5.74, 6) is 1.62. The number of thioether (sulfide) groups is 1. The molecule has 3 rings (SSSR count). The summed E-state index contributed by atoms with van der Waals surface area (Å²) in [6.45, 7) is 3.94. The van der Waals surface area contributed by atoms with Gasteiger partial charge in [-0.25, -0.2) is 4.98 Å². The van der Waals surface area contributed by atoms with Gasteiger partial charge in [0.15, 0.2) is 5.16 Å². The van der Waals surface area contributed by atoms with Crippen molar-refractivity contribution in [2.75, 3.05) is 13.7 Å². The van der Waals surface area contributed by atoms with Crippen LogP contribution in [0.5, 0.6) is 5.75 Å². The summed E-state index contributed by atoms with van der Waals surface area (Å²) < 4.78 is 12.9. The number of aromatic nitrogens is 4. The van der Waals surface area contributed by atoms with Crippen molar-refractivity contribution in [2.24, 2.45) is 0 Å². The van der Waals surface area contributed by atoms with Gasteiger partial charge in [0.2, 0.25) is 0 Å². The fourth-order valence-electron chi connectivity index (χ4n) is 2.10. The van der Waals surface area contributed by atoms with Gasteiger partial charge >= 0.3 is 0 Å². The van der Waals surface area contributed by atoms with Crippen molar-refractivity contribution in [3.8, 4) is 5.75 Å². The van der Waals surface area contributed by atoms with E-state index >= 15 is 0 Å². The fourth-order valence-corrected chi connectivity index (χ4v) is 3.74. The van der Waals surface area contributed by atoms with Crippen LogP contribution in [-0.2, 0) is 23.6 Å². The van der Waals surface area contributed by atoms with Crippen molar-refractivity contribution < 1.29 is 9.47 Å². The highest BCUT2D eigenvalue weighted by molar-refractivity contribution is 7.98. The second-order valence-corrected chi connectivity index (χ2v) is 7.31. The second-order valence-electron chi connectivity index (χ2n) is 5.42. The van der Waals surface area contributed by atoms with Crippen LogP contribution in [0.3, 0.4) is 0 Å². The molecule has 0 bridgehead atoms. The highest BCUT2D eigenvalue weighted by Crippen LogP contribution is 2.22. The third-order valence-electron chi connectivity index (χ3n) is 3.45. The van der Waals surface area contributed by atoms with Gasteiger partial charge in [-0.2, -0.15) is 0 Å². The summed E-state index contributed by atoms with van der Waals surface area (Å²) in [5.41, 5.74) is 2.25. The van der Waals surface area contributed by atoms with Gasteiger partial charge in [0, 0.05) is 24.8 Å². The molecule has 0 spiro atoms. The summed E-state index contributed by atoms with van der Waals surface area (Å²) in [7, 11) is 1.69. The first kappa shape index (κ1) is 17.9. The molecule has 0 aliphatic heterocycles. The molecule has 1 aromatic carbocycles. The summed E-state index contributed by atoms with van der Waals surface area (Å²) in [6.07, 6.45) is 1.73. The Morgan fingerprint density at radius 1 is 1.24 bits per heavy atom. The largest absolute Gasteiger partial charge is 0.486 e. The van der Waals surface area contributed by atoms with E-state index in [4.69, 9.17) is 9.47 Å². The maximum atomic E-state index is 5.77. The number of rotatable bonds is 9. The van der Waals surface area contributed by atoms with Crippen LogP contribution < -0.4 is 4.74 Å². The quantitative estimate of drug-likeness (QED) is 0.532. The normalized spacial score (nSPS) is 11.0. The smallest absolute Gasteiger partial charge is 0.191 e. The van der Waals surface area contributed by atoms with Crippen molar-refractivity contribution in [3.05, 3.63) is 52.2 Å². The molecular weight excluding hydrogens is 356 g/mol. The molecule has 2 heterocycles. The summed E-state index contributed by atoms with van der Waals surface area (Å²) in [6, 6.07) is 8.04. The lowest BCUT2D eigenvalue weighted by Crippen LogP contribution is -2.04. The van der Waals surface area contributed by atoms with Crippen molar-refractivity contribution in [1.82, 2.24) is 19.7 Å². The lowest BCUT2D eigenvalue weighted by Gasteiger charge is -2.04. The Morgan fingerprint density at radius 2 is 2.08 bits per heavy atom. The third-order valence-corrected chi connectivity index (χ3v) is 5.33. The highest BCUT2D eigenvalue weighted by Gasteiger charge is 2.08. The SMILES string of the molecule is COCCn1cnnc1SCc1csc(COc2ccc(C)cc2)n1. The molecule has 0 fully saturated rings. The van der Waals surface area contributed by atoms with Crippen LogP contribution >= 0.6 is 23.1 Å². The number of ether oxygens (including phenoxy) is 2. The zero-order valence-electron chi connectivity index (χ0n) is 14.2. The van der Waals surface area contributed by atoms with Gasteiger partial charge in [-0.15, -0.1) is 21.5 Å². The molecule has 132 valence electrons. The molecule has 3 aromatic rings. The molecule has 25 heavy (non-hydrogen) atoms. The monoisotopic (exact) mass is 376 g/mol. The fraction of sp³-hybridized carbons (Fsp3) is 0.353. The molecule has 0 radical (unpaired) electrons. The number of thiazole rings is 1. The molecule has 8 heteroatoms. The first-order valence-corrected chi connectivity index (χ1v) is 9.73. The summed E-state index contributed by atoms with van der Waals surface area (Å²) in [5, 5.41) is 12.0. The van der Waals surface area contributed by atoms with E-state index < -0.39 is 0 Å². The molecule has 0 N–H and O–H groups in total. The van der Waals surface area contributed by atoms with Crippen LogP contribution in [0.25, 0.3) is 0 Å². The van der Waals surface area contributed by atoms with Crippen LogP contribution in [-0.4, -0.2) is 33.5 Å². The van der Waals surface area contributed by atoms with Crippen LogP contribution in [0.4, 0.5) is 0 Å². The van der Waals surface area contributed by atoms with Gasteiger partial charge < -0.3 is 14.0 Å². The van der Waals surface area contributed by atoms with Crippen LogP contribution in [0.15, 0.2) is 41.1 Å². The molecular formula is C17H20N4O2S2. The molecule has 0 aliphatic carbocycles. The summed E-state index contributed by atoms with van der Waals surface area (Å²) >= 11 is 3.24. The molecule has 0 saturated carbocycles. The first-order chi connectivity index (χ1) is 12.2. The van der Waals surface area contributed by atoms with Gasteiger partial charge in [0.25, 0.3) is 0 Å². The van der Waals surface area contributed by atoms with Gasteiger partial charge in [0.05, 0.1) is 12.3 Å². The predicted octanol–water partition coefficient (Wildman–Crippen LogP) is 3.56. The molecule has 6 nitrogen and oxygen atoms in total. The number of nitrogens with zero attached hydrogens (tertiary/aromatic N) is 4. The molecule has 0 atom stereocenters. The van der Waals surface area contributed by atoms with E-state index in [1.54, 1.807) is 36.5 Å². The number of aryl methyl sites for hydroxylation is 1. The van der Waals surface area contributed by atoms with Crippen molar-refractivity contribution in [2.45, 2.75) is 31.0 Å². The molecule has 2 aromatic heterocycles. The Bertz CT molecular complexity index is 786. The van der Waals surface area contributed by atoms with E-state index in [-0.39, 0.29) is 0 Å². The first-order valence-electron chi connectivity index (χ1n) is 7.87. The Morgan fingerprint density at radius 3 is 2.88 bits per heavy atom.